The molecule has 3 N–H and O–H groups in total. The summed E-state index contributed by atoms with van der Waals surface area (Å²) < 4.78 is 10.6. The molecule has 50 heavy (non-hydrogen) atoms. The van der Waals surface area contributed by atoms with E-state index in [9.17, 15) is 24.3 Å². The lowest BCUT2D eigenvalue weighted by atomic mass is 9.94. The molecule has 0 saturated carbocycles. The van der Waals surface area contributed by atoms with Crippen LogP contribution in [0.25, 0.3) is 0 Å². The van der Waals surface area contributed by atoms with Gasteiger partial charge in [-0.15, -0.1) is 0 Å². The van der Waals surface area contributed by atoms with Gasteiger partial charge in [-0.3, -0.25) is 19.2 Å². The number of carbonyl (C=O) groups excluding carboxylic acids is 2. The zero-order valence-corrected chi connectivity index (χ0v) is 32.0. The molecular formula is C41H76O9. The number of esters is 2. The molecule has 0 saturated heterocycles. The fourth-order valence-corrected chi connectivity index (χ4v) is 6.45. The van der Waals surface area contributed by atoms with Crippen LogP contribution in [0.5, 0.6) is 0 Å². The molecule has 0 amide bonds. The van der Waals surface area contributed by atoms with Crippen molar-refractivity contribution in [3.05, 3.63) is 0 Å². The predicted octanol–water partition coefficient (Wildman–Crippen LogP) is 10.7. The molecule has 0 aromatic rings. The number of carboxylic acid groups (broad SMARTS) is 2. The van der Waals surface area contributed by atoms with Gasteiger partial charge < -0.3 is 24.8 Å². The van der Waals surface area contributed by atoms with E-state index in [0.717, 1.165) is 64.2 Å². The maximum Gasteiger partial charge on any atom is 0.309 e. The summed E-state index contributed by atoms with van der Waals surface area (Å²) in [5.41, 5.74) is 0. The van der Waals surface area contributed by atoms with Gasteiger partial charge in [-0.1, -0.05) is 174 Å². The fraction of sp³-hybridized carbons (Fsp3) is 0.902. The second-order valence-electron chi connectivity index (χ2n) is 14.4. The summed E-state index contributed by atoms with van der Waals surface area (Å²) in [5, 5.41) is 27.1. The van der Waals surface area contributed by atoms with Crippen LogP contribution in [-0.4, -0.2) is 58.5 Å². The first-order valence-electron chi connectivity index (χ1n) is 20.7. The molecule has 2 atom stereocenters. The van der Waals surface area contributed by atoms with E-state index in [-0.39, 0.29) is 37.8 Å². The molecule has 0 aromatic heterocycles. The van der Waals surface area contributed by atoms with Crippen molar-refractivity contribution in [3.8, 4) is 0 Å². The number of aliphatic hydroxyl groups is 1. The van der Waals surface area contributed by atoms with E-state index < -0.39 is 30.6 Å². The van der Waals surface area contributed by atoms with Gasteiger partial charge >= 0.3 is 23.9 Å². The highest BCUT2D eigenvalue weighted by Gasteiger charge is 2.22. The van der Waals surface area contributed by atoms with Crippen LogP contribution >= 0.6 is 0 Å². The Morgan fingerprint density at radius 2 is 0.840 bits per heavy atom. The second kappa shape index (κ2) is 36.6. The Hall–Kier alpha value is -2.16. The van der Waals surface area contributed by atoms with Crippen LogP contribution in [0.2, 0.25) is 0 Å². The molecule has 294 valence electrons. The average Bonchev–Trinajstić information content (AvgIpc) is 3.09. The van der Waals surface area contributed by atoms with E-state index in [1.807, 2.05) is 0 Å². The molecule has 0 aliphatic heterocycles. The van der Waals surface area contributed by atoms with Crippen molar-refractivity contribution in [1.29, 1.82) is 0 Å². The molecule has 0 heterocycles. The minimum absolute atomic E-state index is 0.210. The lowest BCUT2D eigenvalue weighted by Crippen LogP contribution is -2.30. The van der Waals surface area contributed by atoms with Crippen molar-refractivity contribution in [2.24, 2.45) is 5.92 Å². The quantitative estimate of drug-likeness (QED) is 0.0418. The predicted molar refractivity (Wildman–Crippen MR) is 200 cm³/mol. The Labute approximate surface area is 305 Å². The Morgan fingerprint density at radius 3 is 1.20 bits per heavy atom. The van der Waals surface area contributed by atoms with Crippen molar-refractivity contribution < 1.29 is 44.0 Å². The SMILES string of the molecule is CCCCCCCCCCCCCCCCC(CCCCCCCCCCCCCCCC(=O)O)C(=O)OCC(CO)OC(=O)CCC(=O)O. The molecule has 0 rings (SSSR count). The molecule has 0 radical (unpaired) electrons. The number of hydrogen-bond acceptors (Lipinski definition) is 7. The third kappa shape index (κ3) is 34.3. The maximum absolute atomic E-state index is 13.1. The van der Waals surface area contributed by atoms with Gasteiger partial charge in [0.1, 0.15) is 6.61 Å². The number of aliphatic carboxylic acids is 2. The Kier molecular flexibility index (Phi) is 35.0. The van der Waals surface area contributed by atoms with E-state index in [2.05, 4.69) is 6.92 Å². The molecular weight excluding hydrogens is 636 g/mol. The summed E-state index contributed by atoms with van der Waals surface area (Å²) in [7, 11) is 0. The highest BCUT2D eigenvalue weighted by molar-refractivity contribution is 5.76. The summed E-state index contributed by atoms with van der Waals surface area (Å²) in [6, 6.07) is 0. The van der Waals surface area contributed by atoms with E-state index in [0.29, 0.717) is 0 Å². The zero-order valence-electron chi connectivity index (χ0n) is 32.0. The standard InChI is InChI=1S/C41H76O9/c1-2-3-4-5-6-7-8-9-11-14-17-20-23-26-29-36(41(48)49-35-37(34-42)50-40(47)33-32-39(45)46)30-27-24-21-18-15-12-10-13-16-19-22-25-28-31-38(43)44/h36-37,42H,2-35H2,1H3,(H,43,44)(H,45,46). The van der Waals surface area contributed by atoms with Gasteiger partial charge in [0.05, 0.1) is 25.4 Å². The van der Waals surface area contributed by atoms with Gasteiger partial charge in [-0.25, -0.2) is 0 Å². The molecule has 0 aliphatic carbocycles. The number of hydrogen-bond donors (Lipinski definition) is 3. The summed E-state index contributed by atoms with van der Waals surface area (Å²) in [4.78, 5) is 46.2. The Bertz CT molecular complexity index is 816. The van der Waals surface area contributed by atoms with Crippen LogP contribution < -0.4 is 0 Å². The minimum Gasteiger partial charge on any atom is -0.481 e. The summed E-state index contributed by atoms with van der Waals surface area (Å²) >= 11 is 0. The number of aliphatic hydroxyl groups excluding tert-OH is 1. The highest BCUT2D eigenvalue weighted by atomic mass is 16.6. The molecule has 0 aliphatic rings. The van der Waals surface area contributed by atoms with Crippen molar-refractivity contribution in [3.63, 3.8) is 0 Å². The summed E-state index contributed by atoms with van der Waals surface area (Å²) in [6.07, 6.45) is 32.9. The number of carbonyl (C=O) groups is 4. The normalized spacial score (nSPS) is 12.4. The van der Waals surface area contributed by atoms with Gasteiger partial charge in [-0.2, -0.15) is 0 Å². The first kappa shape index (κ1) is 47.8. The van der Waals surface area contributed by atoms with Crippen LogP contribution in [0.15, 0.2) is 0 Å². The summed E-state index contributed by atoms with van der Waals surface area (Å²) in [5.74, 6) is -3.05. The third-order valence-electron chi connectivity index (χ3n) is 9.64. The van der Waals surface area contributed by atoms with Gasteiger partial charge in [-0.05, 0) is 19.3 Å². The molecule has 0 spiro atoms. The van der Waals surface area contributed by atoms with Crippen molar-refractivity contribution in [1.82, 2.24) is 0 Å². The lowest BCUT2D eigenvalue weighted by Gasteiger charge is -2.19. The van der Waals surface area contributed by atoms with Crippen molar-refractivity contribution in [2.75, 3.05) is 13.2 Å². The van der Waals surface area contributed by atoms with E-state index in [1.165, 1.54) is 122 Å². The Morgan fingerprint density at radius 1 is 0.480 bits per heavy atom. The van der Waals surface area contributed by atoms with Crippen LogP contribution in [-0.2, 0) is 28.7 Å². The molecule has 0 bridgehead atoms. The molecule has 9 nitrogen and oxygen atoms in total. The number of ether oxygens (including phenoxy) is 2. The monoisotopic (exact) mass is 713 g/mol. The largest absolute Gasteiger partial charge is 0.481 e. The van der Waals surface area contributed by atoms with E-state index >= 15 is 0 Å². The first-order chi connectivity index (χ1) is 24.3. The second-order valence-corrected chi connectivity index (χ2v) is 14.4. The first-order valence-corrected chi connectivity index (χ1v) is 20.7. The number of carboxylic acids is 2. The number of unbranched alkanes of at least 4 members (excludes halogenated alkanes) is 25. The van der Waals surface area contributed by atoms with Gasteiger partial charge in [0.2, 0.25) is 0 Å². The lowest BCUT2D eigenvalue weighted by molar-refractivity contribution is -0.164. The smallest absolute Gasteiger partial charge is 0.309 e. The van der Waals surface area contributed by atoms with Crippen LogP contribution in [0.1, 0.15) is 212 Å². The fourth-order valence-electron chi connectivity index (χ4n) is 6.45. The van der Waals surface area contributed by atoms with Gasteiger partial charge in [0.15, 0.2) is 6.10 Å². The van der Waals surface area contributed by atoms with Crippen LogP contribution in [0.3, 0.4) is 0 Å². The molecule has 9 heteroatoms. The number of rotatable bonds is 39. The highest BCUT2D eigenvalue weighted by Crippen LogP contribution is 2.22. The molecule has 0 fully saturated rings. The maximum atomic E-state index is 13.1. The summed E-state index contributed by atoms with van der Waals surface area (Å²) in [6.45, 7) is 1.53. The third-order valence-corrected chi connectivity index (χ3v) is 9.64. The molecule has 0 aromatic carbocycles. The zero-order chi connectivity index (χ0) is 36.9. The van der Waals surface area contributed by atoms with Crippen LogP contribution in [0.4, 0.5) is 0 Å². The van der Waals surface area contributed by atoms with Crippen molar-refractivity contribution in [2.45, 2.75) is 218 Å². The minimum atomic E-state index is -1.10. The van der Waals surface area contributed by atoms with Gasteiger partial charge in [0.25, 0.3) is 0 Å². The topological polar surface area (TPSA) is 147 Å². The van der Waals surface area contributed by atoms with Crippen molar-refractivity contribution >= 4 is 23.9 Å². The Balaban J connectivity index is 4.32. The average molecular weight is 713 g/mol. The van der Waals surface area contributed by atoms with E-state index in [4.69, 9.17) is 19.7 Å². The molecule has 2 unspecified atom stereocenters. The van der Waals surface area contributed by atoms with Crippen LogP contribution in [0, 0.1) is 5.92 Å². The van der Waals surface area contributed by atoms with Gasteiger partial charge in [0, 0.05) is 6.42 Å². The van der Waals surface area contributed by atoms with E-state index in [1.54, 1.807) is 0 Å².